The van der Waals surface area contributed by atoms with Crippen molar-refractivity contribution in [3.63, 3.8) is 0 Å². The Morgan fingerprint density at radius 1 is 1.38 bits per heavy atom. The van der Waals surface area contributed by atoms with Gasteiger partial charge in [0.1, 0.15) is 11.3 Å². The number of hydrogen-bond donors (Lipinski definition) is 1. The third kappa shape index (κ3) is 3.22. The fraction of sp³-hybridized carbons (Fsp3) is 0.529. The van der Waals surface area contributed by atoms with Crippen LogP contribution in [0.4, 0.5) is 10.5 Å². The number of fused-ring (bicyclic) bond motifs is 1. The van der Waals surface area contributed by atoms with Gasteiger partial charge < -0.3 is 14.8 Å². The summed E-state index contributed by atoms with van der Waals surface area (Å²) >= 11 is 0. The van der Waals surface area contributed by atoms with Crippen molar-refractivity contribution in [2.24, 2.45) is 5.92 Å². The van der Waals surface area contributed by atoms with Crippen LogP contribution in [0.5, 0.6) is 5.75 Å². The molecule has 1 aromatic rings. The average molecular weight is 363 g/mol. The maximum absolute atomic E-state index is 12.8. The summed E-state index contributed by atoms with van der Waals surface area (Å²) in [7, 11) is 0. The monoisotopic (exact) mass is 363 g/mol. The molecule has 2 aliphatic heterocycles. The fourth-order valence-corrected chi connectivity index (χ4v) is 3.52. The third-order valence-electron chi connectivity index (χ3n) is 4.47. The zero-order valence-corrected chi connectivity index (χ0v) is 14.9. The summed E-state index contributed by atoms with van der Waals surface area (Å²) in [6.07, 6.45) is 0.505. The van der Waals surface area contributed by atoms with Crippen LogP contribution in [-0.2, 0) is 22.7 Å². The quantitative estimate of drug-likeness (QED) is 0.488. The minimum absolute atomic E-state index is 0.0169. The van der Waals surface area contributed by atoms with Crippen LogP contribution in [0.25, 0.3) is 0 Å². The van der Waals surface area contributed by atoms with Gasteiger partial charge in [0.15, 0.2) is 6.79 Å². The lowest BCUT2D eigenvalue weighted by atomic mass is 9.91. The molecule has 0 aliphatic carbocycles. The molecule has 1 aromatic carbocycles. The van der Waals surface area contributed by atoms with E-state index < -0.39 is 16.5 Å². The first kappa shape index (κ1) is 18.1. The van der Waals surface area contributed by atoms with Crippen LogP contribution in [0.1, 0.15) is 38.3 Å². The highest BCUT2D eigenvalue weighted by molar-refractivity contribution is 6.06. The summed E-state index contributed by atoms with van der Waals surface area (Å²) < 4.78 is 10.6. The molecular weight excluding hydrogens is 342 g/mol. The highest BCUT2D eigenvalue weighted by Gasteiger charge is 2.48. The number of ether oxygens (including phenoxy) is 2. The lowest BCUT2D eigenvalue weighted by Crippen LogP contribution is -2.44. The number of benzene rings is 1. The second-order valence-electron chi connectivity index (χ2n) is 7.21. The van der Waals surface area contributed by atoms with E-state index in [1.54, 1.807) is 6.92 Å². The summed E-state index contributed by atoms with van der Waals surface area (Å²) in [5.41, 5.74) is -0.173. The van der Waals surface area contributed by atoms with Gasteiger partial charge in [0, 0.05) is 23.3 Å². The van der Waals surface area contributed by atoms with Crippen LogP contribution in [0.15, 0.2) is 12.1 Å². The zero-order valence-electron chi connectivity index (χ0n) is 14.9. The lowest BCUT2D eigenvalue weighted by molar-refractivity contribution is -0.385. The van der Waals surface area contributed by atoms with Crippen LogP contribution in [0, 0.1) is 16.0 Å². The molecule has 0 saturated carbocycles. The summed E-state index contributed by atoms with van der Waals surface area (Å²) in [5.74, 6) is 0.304. The molecule has 9 nitrogen and oxygen atoms in total. The molecule has 1 atom stereocenters. The Bertz CT molecular complexity index is 778. The van der Waals surface area contributed by atoms with E-state index in [1.807, 2.05) is 13.8 Å². The number of nitro benzene ring substituents is 1. The molecule has 0 unspecified atom stereocenters. The molecule has 140 valence electrons. The van der Waals surface area contributed by atoms with E-state index in [0.29, 0.717) is 23.3 Å². The Morgan fingerprint density at radius 3 is 2.77 bits per heavy atom. The number of nitrogens with one attached hydrogen (secondary N) is 1. The van der Waals surface area contributed by atoms with Crippen molar-refractivity contribution >= 4 is 17.6 Å². The van der Waals surface area contributed by atoms with Crippen LogP contribution in [0.2, 0.25) is 0 Å². The van der Waals surface area contributed by atoms with Crippen LogP contribution in [-0.4, -0.2) is 34.1 Å². The highest BCUT2D eigenvalue weighted by atomic mass is 16.7. The molecule has 1 saturated heterocycles. The standard InChI is InChI=1S/C17H21N3O6/c1-10(2)6-17(3)15(21)19(16(22)18-17)7-11-4-13(20(23)24)5-12-8-25-9-26-14(11)12/h4-5,10H,6-9H2,1-3H3,(H,18,22)/t17-/m1/s1. The average Bonchev–Trinajstić information content (AvgIpc) is 2.76. The first-order valence-electron chi connectivity index (χ1n) is 8.36. The number of carbonyl (C=O) groups is 2. The van der Waals surface area contributed by atoms with E-state index in [9.17, 15) is 19.7 Å². The van der Waals surface area contributed by atoms with Crippen molar-refractivity contribution < 1.29 is 24.0 Å². The Labute approximate surface area is 150 Å². The minimum Gasteiger partial charge on any atom is -0.467 e. The maximum Gasteiger partial charge on any atom is 0.325 e. The Balaban J connectivity index is 1.93. The van der Waals surface area contributed by atoms with Gasteiger partial charge in [-0.25, -0.2) is 4.79 Å². The van der Waals surface area contributed by atoms with Gasteiger partial charge in [0.25, 0.3) is 11.6 Å². The predicted molar refractivity (Wildman–Crippen MR) is 90.3 cm³/mol. The molecule has 2 aliphatic rings. The SMILES string of the molecule is CC(C)C[C@@]1(C)NC(=O)N(Cc2cc([N+](=O)[O-])cc3c2OCOC3)C1=O. The van der Waals surface area contributed by atoms with E-state index in [2.05, 4.69) is 5.32 Å². The van der Waals surface area contributed by atoms with Gasteiger partial charge >= 0.3 is 6.03 Å². The lowest BCUT2D eigenvalue weighted by Gasteiger charge is -2.24. The van der Waals surface area contributed by atoms with E-state index in [1.165, 1.54) is 12.1 Å². The molecule has 0 bridgehead atoms. The number of rotatable bonds is 5. The largest absolute Gasteiger partial charge is 0.467 e. The number of nitro groups is 1. The number of imide groups is 1. The van der Waals surface area contributed by atoms with E-state index >= 15 is 0 Å². The summed E-state index contributed by atoms with van der Waals surface area (Å²) in [5, 5.41) is 13.9. The van der Waals surface area contributed by atoms with Gasteiger partial charge in [-0.1, -0.05) is 13.8 Å². The number of hydrogen-bond acceptors (Lipinski definition) is 6. The molecule has 1 fully saturated rings. The molecule has 26 heavy (non-hydrogen) atoms. The van der Waals surface area contributed by atoms with Crippen molar-refractivity contribution in [1.82, 2.24) is 10.2 Å². The van der Waals surface area contributed by atoms with Crippen molar-refractivity contribution in [2.45, 2.75) is 45.9 Å². The molecule has 2 heterocycles. The Morgan fingerprint density at radius 2 is 2.12 bits per heavy atom. The van der Waals surface area contributed by atoms with Crippen LogP contribution < -0.4 is 10.1 Å². The van der Waals surface area contributed by atoms with Gasteiger partial charge in [-0.3, -0.25) is 19.8 Å². The second-order valence-corrected chi connectivity index (χ2v) is 7.21. The van der Waals surface area contributed by atoms with Crippen molar-refractivity contribution in [1.29, 1.82) is 0 Å². The van der Waals surface area contributed by atoms with Crippen LogP contribution >= 0.6 is 0 Å². The molecule has 9 heteroatoms. The van der Waals surface area contributed by atoms with E-state index in [4.69, 9.17) is 9.47 Å². The topological polar surface area (TPSA) is 111 Å². The Kier molecular flexibility index (Phi) is 4.57. The summed E-state index contributed by atoms with van der Waals surface area (Å²) in [6.45, 7) is 5.73. The number of nitrogens with zero attached hydrogens (tertiary/aromatic N) is 2. The molecule has 0 radical (unpaired) electrons. The smallest absolute Gasteiger partial charge is 0.325 e. The normalized spacial score (nSPS) is 22.2. The second kappa shape index (κ2) is 6.56. The van der Waals surface area contributed by atoms with Gasteiger partial charge in [-0.05, 0) is 19.3 Å². The molecule has 1 N–H and O–H groups in total. The molecule has 3 rings (SSSR count). The van der Waals surface area contributed by atoms with Gasteiger partial charge in [0.05, 0.1) is 18.1 Å². The zero-order chi connectivity index (χ0) is 19.1. The highest BCUT2D eigenvalue weighted by Crippen LogP contribution is 2.35. The number of carbonyl (C=O) groups excluding carboxylic acids is 2. The van der Waals surface area contributed by atoms with Crippen molar-refractivity contribution in [2.75, 3.05) is 6.79 Å². The van der Waals surface area contributed by atoms with Gasteiger partial charge in [0.2, 0.25) is 0 Å². The third-order valence-corrected chi connectivity index (χ3v) is 4.47. The summed E-state index contributed by atoms with van der Waals surface area (Å²) in [4.78, 5) is 36.9. The number of amides is 3. The predicted octanol–water partition coefficient (Wildman–Crippen LogP) is 2.32. The maximum atomic E-state index is 12.8. The minimum atomic E-state index is -0.976. The van der Waals surface area contributed by atoms with Crippen molar-refractivity contribution in [3.8, 4) is 5.75 Å². The summed E-state index contributed by atoms with van der Waals surface area (Å²) in [6, 6.07) is 2.21. The van der Waals surface area contributed by atoms with E-state index in [0.717, 1.165) is 4.90 Å². The fourth-order valence-electron chi connectivity index (χ4n) is 3.52. The first-order valence-corrected chi connectivity index (χ1v) is 8.36. The van der Waals surface area contributed by atoms with Gasteiger partial charge in [-0.2, -0.15) is 0 Å². The molecule has 0 spiro atoms. The molecule has 3 amide bonds. The molecular formula is C17H21N3O6. The number of non-ortho nitro benzene ring substituents is 1. The van der Waals surface area contributed by atoms with Crippen LogP contribution in [0.3, 0.4) is 0 Å². The van der Waals surface area contributed by atoms with Crippen molar-refractivity contribution in [3.05, 3.63) is 33.4 Å². The Hall–Kier alpha value is -2.68. The first-order chi connectivity index (χ1) is 12.2. The van der Waals surface area contributed by atoms with Gasteiger partial charge in [-0.15, -0.1) is 0 Å². The van der Waals surface area contributed by atoms with E-state index in [-0.39, 0.29) is 37.5 Å². The molecule has 0 aromatic heterocycles. The number of urea groups is 1.